The van der Waals surface area contributed by atoms with Gasteiger partial charge in [-0.05, 0) is 80.3 Å². The van der Waals surface area contributed by atoms with E-state index in [0.717, 1.165) is 27.4 Å². The molecule has 39 heavy (non-hydrogen) atoms. The highest BCUT2D eigenvalue weighted by Gasteiger charge is 2.32. The van der Waals surface area contributed by atoms with Crippen molar-refractivity contribution in [2.24, 2.45) is 0 Å². The summed E-state index contributed by atoms with van der Waals surface area (Å²) in [4.78, 5) is 28.4. The molecule has 0 aliphatic carbocycles. The van der Waals surface area contributed by atoms with Crippen molar-refractivity contribution in [3.8, 4) is 5.75 Å². The Labute approximate surface area is 231 Å². The second-order valence-corrected chi connectivity index (χ2v) is 11.3. The van der Waals surface area contributed by atoms with Crippen molar-refractivity contribution in [2.45, 2.75) is 51.6 Å². The van der Waals surface area contributed by atoms with E-state index in [2.05, 4.69) is 5.32 Å². The predicted molar refractivity (Wildman–Crippen MR) is 153 cm³/mol. The Balaban J connectivity index is 2.02. The van der Waals surface area contributed by atoms with Crippen molar-refractivity contribution in [3.05, 3.63) is 89.5 Å². The number of amides is 2. The first-order chi connectivity index (χ1) is 18.6. The molecule has 208 valence electrons. The van der Waals surface area contributed by atoms with E-state index in [4.69, 9.17) is 4.74 Å². The van der Waals surface area contributed by atoms with E-state index in [1.54, 1.807) is 56.5 Å². The minimum Gasteiger partial charge on any atom is -0.497 e. The monoisotopic (exact) mass is 551 g/mol. The van der Waals surface area contributed by atoms with Gasteiger partial charge in [0, 0.05) is 13.1 Å². The maximum absolute atomic E-state index is 13.9. The van der Waals surface area contributed by atoms with E-state index in [1.807, 2.05) is 39.0 Å². The van der Waals surface area contributed by atoms with Crippen molar-refractivity contribution in [1.82, 2.24) is 10.2 Å². The predicted octanol–water partition coefficient (Wildman–Crippen LogP) is 4.45. The third-order valence-electron chi connectivity index (χ3n) is 6.62. The first-order valence-corrected chi connectivity index (χ1v) is 14.4. The van der Waals surface area contributed by atoms with Gasteiger partial charge in [-0.15, -0.1) is 0 Å². The van der Waals surface area contributed by atoms with Crippen LogP contribution in [0.15, 0.2) is 77.7 Å². The number of ether oxygens (including phenoxy) is 1. The normalized spacial score (nSPS) is 11.9. The van der Waals surface area contributed by atoms with E-state index in [0.29, 0.717) is 18.0 Å². The molecule has 0 aliphatic rings. The lowest BCUT2D eigenvalue weighted by Gasteiger charge is -2.32. The number of benzene rings is 3. The topological polar surface area (TPSA) is 96.0 Å². The second-order valence-electron chi connectivity index (χ2n) is 9.43. The highest BCUT2D eigenvalue weighted by atomic mass is 32.2. The summed E-state index contributed by atoms with van der Waals surface area (Å²) < 4.78 is 34.0. The van der Waals surface area contributed by atoms with Gasteiger partial charge in [0.25, 0.3) is 10.0 Å². The molecule has 2 amide bonds. The van der Waals surface area contributed by atoms with Gasteiger partial charge in [0.05, 0.1) is 17.7 Å². The van der Waals surface area contributed by atoms with E-state index < -0.39 is 28.5 Å². The van der Waals surface area contributed by atoms with Gasteiger partial charge in [0.15, 0.2) is 0 Å². The molecule has 1 N–H and O–H groups in total. The SMILES string of the molecule is CCCNC(=O)[C@@H](C)N(Cc1ccc(OC)cc1)C(=O)CN(c1ccc(C)c(C)c1)S(=O)(=O)c1ccccc1. The molecule has 0 saturated carbocycles. The number of aryl methyl sites for hydroxylation is 2. The fourth-order valence-corrected chi connectivity index (χ4v) is 5.46. The fourth-order valence-electron chi connectivity index (χ4n) is 4.04. The van der Waals surface area contributed by atoms with Crippen molar-refractivity contribution in [2.75, 3.05) is 24.5 Å². The lowest BCUT2D eigenvalue weighted by atomic mass is 10.1. The summed E-state index contributed by atoms with van der Waals surface area (Å²) in [6.07, 6.45) is 0.751. The molecule has 1 atom stereocenters. The van der Waals surface area contributed by atoms with E-state index in [9.17, 15) is 18.0 Å². The van der Waals surface area contributed by atoms with Gasteiger partial charge >= 0.3 is 0 Å². The number of hydrogen-bond acceptors (Lipinski definition) is 5. The summed E-state index contributed by atoms with van der Waals surface area (Å²) in [7, 11) is -2.52. The van der Waals surface area contributed by atoms with Crippen LogP contribution in [-0.2, 0) is 26.2 Å². The standard InChI is InChI=1S/C30H37N3O5S/c1-6-18-31-30(35)24(4)32(20-25-13-16-27(38-5)17-14-25)29(34)21-33(26-15-12-22(2)23(3)19-26)39(36,37)28-10-8-7-9-11-28/h7-17,19,24H,6,18,20-21H2,1-5H3,(H,31,35)/t24-/m1/s1. The quantitative estimate of drug-likeness (QED) is 0.359. The Hall–Kier alpha value is -3.85. The van der Waals surface area contributed by atoms with Gasteiger partial charge in [-0.2, -0.15) is 0 Å². The van der Waals surface area contributed by atoms with Crippen molar-refractivity contribution >= 4 is 27.5 Å². The number of nitrogens with zero attached hydrogens (tertiary/aromatic N) is 2. The zero-order valence-electron chi connectivity index (χ0n) is 23.2. The Morgan fingerprint density at radius 1 is 0.949 bits per heavy atom. The van der Waals surface area contributed by atoms with Crippen LogP contribution in [0, 0.1) is 13.8 Å². The van der Waals surface area contributed by atoms with Crippen LogP contribution in [0.5, 0.6) is 5.75 Å². The number of rotatable bonds is 12. The zero-order chi connectivity index (χ0) is 28.6. The highest BCUT2D eigenvalue weighted by molar-refractivity contribution is 7.92. The van der Waals surface area contributed by atoms with Gasteiger partial charge in [0.2, 0.25) is 11.8 Å². The molecule has 3 aromatic carbocycles. The van der Waals surface area contributed by atoms with Gasteiger partial charge < -0.3 is 15.0 Å². The largest absolute Gasteiger partial charge is 0.497 e. The molecule has 0 fully saturated rings. The third-order valence-corrected chi connectivity index (χ3v) is 8.41. The summed E-state index contributed by atoms with van der Waals surface area (Å²) in [6.45, 7) is 7.55. The average Bonchev–Trinajstić information content (AvgIpc) is 2.95. The molecule has 0 bridgehead atoms. The van der Waals surface area contributed by atoms with Crippen molar-refractivity contribution < 1.29 is 22.7 Å². The molecule has 0 aromatic heterocycles. The molecular weight excluding hydrogens is 514 g/mol. The number of methoxy groups -OCH3 is 1. The number of nitrogens with one attached hydrogen (secondary N) is 1. The van der Waals surface area contributed by atoms with E-state index in [1.165, 1.54) is 17.0 Å². The molecule has 0 aliphatic heterocycles. The van der Waals surface area contributed by atoms with E-state index >= 15 is 0 Å². The molecule has 0 radical (unpaired) electrons. The first-order valence-electron chi connectivity index (χ1n) is 12.9. The number of sulfonamides is 1. The van der Waals surface area contributed by atoms with Crippen LogP contribution in [-0.4, -0.2) is 51.4 Å². The van der Waals surface area contributed by atoms with Crippen molar-refractivity contribution in [1.29, 1.82) is 0 Å². The average molecular weight is 552 g/mol. The number of hydrogen-bond donors (Lipinski definition) is 1. The lowest BCUT2D eigenvalue weighted by molar-refractivity contribution is -0.139. The second kappa shape index (κ2) is 13.3. The Kier molecular flexibility index (Phi) is 10.1. The number of carbonyl (C=O) groups excluding carboxylic acids is 2. The summed E-state index contributed by atoms with van der Waals surface area (Å²) >= 11 is 0. The summed E-state index contributed by atoms with van der Waals surface area (Å²) in [5.74, 6) is -0.134. The minimum atomic E-state index is -4.09. The van der Waals surface area contributed by atoms with Crippen LogP contribution in [0.25, 0.3) is 0 Å². The summed E-state index contributed by atoms with van der Waals surface area (Å²) in [6, 6.07) is 19.7. The Bertz CT molecular complexity index is 1380. The van der Waals surface area contributed by atoms with Gasteiger partial charge in [-0.25, -0.2) is 8.42 Å². The van der Waals surface area contributed by atoms with Gasteiger partial charge in [0.1, 0.15) is 18.3 Å². The molecule has 0 heterocycles. The van der Waals surface area contributed by atoms with Crippen molar-refractivity contribution in [3.63, 3.8) is 0 Å². The van der Waals surface area contributed by atoms with Crippen LogP contribution in [0.1, 0.15) is 37.0 Å². The fraction of sp³-hybridized carbons (Fsp3) is 0.333. The maximum atomic E-state index is 13.9. The van der Waals surface area contributed by atoms with Gasteiger partial charge in [-0.1, -0.05) is 43.3 Å². The van der Waals surface area contributed by atoms with E-state index in [-0.39, 0.29) is 17.3 Å². The molecular formula is C30H37N3O5S. The van der Waals surface area contributed by atoms with Crippen LogP contribution in [0.3, 0.4) is 0 Å². The smallest absolute Gasteiger partial charge is 0.264 e. The van der Waals surface area contributed by atoms with Crippen LogP contribution in [0.4, 0.5) is 5.69 Å². The highest BCUT2D eigenvalue weighted by Crippen LogP contribution is 2.26. The molecule has 0 saturated heterocycles. The van der Waals surface area contributed by atoms with Crippen LogP contribution in [0.2, 0.25) is 0 Å². The molecule has 3 aromatic rings. The molecule has 9 heteroatoms. The minimum absolute atomic E-state index is 0.0754. The van der Waals surface area contributed by atoms with Crippen LogP contribution < -0.4 is 14.4 Å². The molecule has 3 rings (SSSR count). The third kappa shape index (κ3) is 7.38. The Morgan fingerprint density at radius 3 is 2.21 bits per heavy atom. The first kappa shape index (κ1) is 29.7. The van der Waals surface area contributed by atoms with Crippen LogP contribution >= 0.6 is 0 Å². The molecule has 0 spiro atoms. The van der Waals surface area contributed by atoms with Gasteiger partial charge in [-0.3, -0.25) is 13.9 Å². The summed E-state index contributed by atoms with van der Waals surface area (Å²) in [5, 5.41) is 2.84. The lowest BCUT2D eigenvalue weighted by Crippen LogP contribution is -2.51. The Morgan fingerprint density at radius 2 is 1.62 bits per heavy atom. The molecule has 8 nitrogen and oxygen atoms in total. The number of anilines is 1. The molecule has 0 unspecified atom stereocenters. The zero-order valence-corrected chi connectivity index (χ0v) is 24.0. The summed E-state index contributed by atoms with van der Waals surface area (Å²) in [5.41, 5.74) is 3.06. The number of carbonyl (C=O) groups is 2. The maximum Gasteiger partial charge on any atom is 0.264 e.